The predicted molar refractivity (Wildman–Crippen MR) is 118 cm³/mol. The number of nitrogens with zero attached hydrogens (tertiary/aromatic N) is 1. The molecule has 1 heterocycles. The van der Waals surface area contributed by atoms with Crippen LogP contribution in [0.15, 0.2) is 65.6 Å². The lowest BCUT2D eigenvalue weighted by molar-refractivity contribution is -0.895. The van der Waals surface area contributed by atoms with Crippen LogP contribution in [0.4, 0.5) is 0 Å². The van der Waals surface area contributed by atoms with E-state index < -0.39 is 10.0 Å². The maximum atomic E-state index is 12.8. The minimum atomic E-state index is -3.46. The fourth-order valence-corrected chi connectivity index (χ4v) is 5.33. The summed E-state index contributed by atoms with van der Waals surface area (Å²) in [5, 5.41) is 3.19. The number of piperazine rings is 1. The lowest BCUT2D eigenvalue weighted by atomic mass is 9.97. The fraction of sp³-hybridized carbons (Fsp3) is 0.435. The summed E-state index contributed by atoms with van der Waals surface area (Å²) < 4.78 is 27.0. The van der Waals surface area contributed by atoms with Crippen molar-refractivity contribution < 1.29 is 18.1 Å². The lowest BCUT2D eigenvalue weighted by Crippen LogP contribution is -3.15. The summed E-state index contributed by atoms with van der Waals surface area (Å²) in [5.41, 5.74) is 1.12. The molecule has 1 amide bonds. The van der Waals surface area contributed by atoms with Crippen molar-refractivity contribution in [2.75, 3.05) is 32.7 Å². The first kappa shape index (κ1) is 22.5. The van der Waals surface area contributed by atoms with Gasteiger partial charge in [-0.3, -0.25) is 4.79 Å². The Balaban J connectivity index is 1.54. The van der Waals surface area contributed by atoms with E-state index in [1.807, 2.05) is 36.4 Å². The summed E-state index contributed by atoms with van der Waals surface area (Å²) in [5.74, 6) is 0.480. The molecule has 2 aromatic carbocycles. The molecule has 6 nitrogen and oxygen atoms in total. The van der Waals surface area contributed by atoms with Crippen LogP contribution in [0, 0.1) is 5.92 Å². The van der Waals surface area contributed by atoms with Crippen molar-refractivity contribution in [3.8, 4) is 0 Å². The molecule has 2 aromatic rings. The summed E-state index contributed by atoms with van der Waals surface area (Å²) in [4.78, 5) is 14.2. The highest BCUT2D eigenvalue weighted by Crippen LogP contribution is 2.21. The van der Waals surface area contributed by atoms with Gasteiger partial charge in [0.05, 0.1) is 37.1 Å². The topological polar surface area (TPSA) is 70.9 Å². The van der Waals surface area contributed by atoms with E-state index in [0.717, 1.165) is 16.9 Å². The van der Waals surface area contributed by atoms with Crippen molar-refractivity contribution in [3.63, 3.8) is 0 Å². The summed E-state index contributed by atoms with van der Waals surface area (Å²) in [7, 11) is -3.46. The van der Waals surface area contributed by atoms with Crippen LogP contribution in [-0.4, -0.2) is 51.4 Å². The van der Waals surface area contributed by atoms with Gasteiger partial charge in [-0.25, -0.2) is 8.42 Å². The number of sulfonamides is 1. The van der Waals surface area contributed by atoms with Crippen molar-refractivity contribution in [3.05, 3.63) is 66.2 Å². The first-order valence-corrected chi connectivity index (χ1v) is 12.0. The first-order valence-electron chi connectivity index (χ1n) is 10.6. The normalized spacial score (nSPS) is 17.0. The number of hydrogen-bond acceptors (Lipinski definition) is 3. The van der Waals surface area contributed by atoms with Gasteiger partial charge in [-0.05, 0) is 30.0 Å². The van der Waals surface area contributed by atoms with Crippen molar-refractivity contribution in [1.82, 2.24) is 9.62 Å². The van der Waals surface area contributed by atoms with Crippen LogP contribution in [-0.2, 0) is 14.8 Å². The van der Waals surface area contributed by atoms with E-state index in [-0.39, 0.29) is 11.9 Å². The number of hydrogen-bond donors (Lipinski definition) is 2. The smallest absolute Gasteiger partial charge is 0.275 e. The molecule has 1 aliphatic heterocycles. The van der Waals surface area contributed by atoms with Crippen LogP contribution in [0.2, 0.25) is 0 Å². The zero-order valence-corrected chi connectivity index (χ0v) is 18.6. The Bertz CT molecular complexity index is 909. The molecule has 0 saturated carbocycles. The van der Waals surface area contributed by atoms with Crippen LogP contribution in [0.5, 0.6) is 0 Å². The SMILES string of the molecule is CC(C)C[C@H](NC(=O)C[NH+]1CCN(S(=O)(=O)c2ccccc2)CC1)c1ccccc1. The maximum Gasteiger partial charge on any atom is 0.275 e. The Morgan fingerprint density at radius 2 is 1.57 bits per heavy atom. The monoisotopic (exact) mass is 430 g/mol. The summed E-state index contributed by atoms with van der Waals surface area (Å²) >= 11 is 0. The number of carbonyl (C=O) groups excluding carboxylic acids is 1. The molecule has 1 fully saturated rings. The van der Waals surface area contributed by atoms with E-state index in [1.54, 1.807) is 24.3 Å². The molecular formula is C23H32N3O3S+. The van der Waals surface area contributed by atoms with E-state index in [9.17, 15) is 13.2 Å². The number of benzene rings is 2. The van der Waals surface area contributed by atoms with Gasteiger partial charge < -0.3 is 10.2 Å². The first-order chi connectivity index (χ1) is 14.4. The molecule has 162 valence electrons. The highest BCUT2D eigenvalue weighted by Gasteiger charge is 2.31. The Morgan fingerprint density at radius 3 is 2.13 bits per heavy atom. The van der Waals surface area contributed by atoms with Gasteiger partial charge in [-0.1, -0.05) is 62.4 Å². The maximum absolute atomic E-state index is 12.8. The van der Waals surface area contributed by atoms with Crippen LogP contribution < -0.4 is 10.2 Å². The number of nitrogens with one attached hydrogen (secondary N) is 2. The van der Waals surface area contributed by atoms with Crippen LogP contribution >= 0.6 is 0 Å². The summed E-state index contributed by atoms with van der Waals surface area (Å²) in [6.45, 7) is 6.77. The Hall–Kier alpha value is -2.22. The van der Waals surface area contributed by atoms with Gasteiger partial charge in [-0.2, -0.15) is 4.31 Å². The Labute approximate surface area is 179 Å². The zero-order valence-electron chi connectivity index (χ0n) is 17.8. The molecule has 0 aromatic heterocycles. The highest BCUT2D eigenvalue weighted by molar-refractivity contribution is 7.89. The molecule has 0 aliphatic carbocycles. The van der Waals surface area contributed by atoms with Gasteiger partial charge in [0.25, 0.3) is 5.91 Å². The zero-order chi connectivity index (χ0) is 21.6. The molecule has 30 heavy (non-hydrogen) atoms. The average Bonchev–Trinajstić information content (AvgIpc) is 2.74. The van der Waals surface area contributed by atoms with E-state index >= 15 is 0 Å². The number of rotatable bonds is 8. The molecule has 0 unspecified atom stereocenters. The average molecular weight is 431 g/mol. The predicted octanol–water partition coefficient (Wildman–Crippen LogP) is 1.48. The van der Waals surface area contributed by atoms with Gasteiger partial charge in [0.1, 0.15) is 0 Å². The third-order valence-electron chi connectivity index (χ3n) is 5.47. The van der Waals surface area contributed by atoms with E-state index in [4.69, 9.17) is 0 Å². The molecule has 1 aliphatic rings. The molecule has 1 saturated heterocycles. The third-order valence-corrected chi connectivity index (χ3v) is 7.38. The van der Waals surface area contributed by atoms with Gasteiger partial charge in [-0.15, -0.1) is 0 Å². The largest absolute Gasteiger partial charge is 0.344 e. The molecule has 0 spiro atoms. The van der Waals surface area contributed by atoms with E-state index in [1.165, 1.54) is 4.31 Å². The van der Waals surface area contributed by atoms with Crippen LogP contribution in [0.3, 0.4) is 0 Å². The minimum absolute atomic E-state index is 0.00199. The van der Waals surface area contributed by atoms with Crippen molar-refractivity contribution in [2.24, 2.45) is 5.92 Å². The highest BCUT2D eigenvalue weighted by atomic mass is 32.2. The summed E-state index contributed by atoms with van der Waals surface area (Å²) in [6, 6.07) is 18.6. The van der Waals surface area contributed by atoms with Crippen molar-refractivity contribution in [2.45, 2.75) is 31.2 Å². The number of amides is 1. The molecule has 2 N–H and O–H groups in total. The number of quaternary nitrogens is 1. The Morgan fingerprint density at radius 1 is 1.00 bits per heavy atom. The van der Waals surface area contributed by atoms with Crippen LogP contribution in [0.1, 0.15) is 31.9 Å². The second-order valence-electron chi connectivity index (χ2n) is 8.30. The second kappa shape index (κ2) is 10.2. The fourth-order valence-electron chi connectivity index (χ4n) is 3.87. The van der Waals surface area contributed by atoms with E-state index in [2.05, 4.69) is 19.2 Å². The molecule has 0 bridgehead atoms. The minimum Gasteiger partial charge on any atom is -0.344 e. The van der Waals surface area contributed by atoms with Gasteiger partial charge >= 0.3 is 0 Å². The van der Waals surface area contributed by atoms with Crippen molar-refractivity contribution in [1.29, 1.82) is 0 Å². The Kier molecular flexibility index (Phi) is 7.64. The van der Waals surface area contributed by atoms with Gasteiger partial charge in [0.15, 0.2) is 6.54 Å². The standard InChI is InChI=1S/C23H31N3O3S/c1-19(2)17-22(20-9-5-3-6-10-20)24-23(27)18-25-13-15-26(16-14-25)30(28,29)21-11-7-4-8-12-21/h3-12,19,22H,13-18H2,1-2H3,(H,24,27)/p+1/t22-/m0/s1. The molecule has 7 heteroatoms. The lowest BCUT2D eigenvalue weighted by Gasteiger charge is -2.31. The quantitative estimate of drug-likeness (QED) is 0.667. The van der Waals surface area contributed by atoms with E-state index in [0.29, 0.717) is 43.5 Å². The van der Waals surface area contributed by atoms with Crippen molar-refractivity contribution >= 4 is 15.9 Å². The van der Waals surface area contributed by atoms with Gasteiger partial charge in [0, 0.05) is 0 Å². The molecular weight excluding hydrogens is 398 g/mol. The summed E-state index contributed by atoms with van der Waals surface area (Å²) in [6.07, 6.45) is 0.883. The molecule has 0 radical (unpaired) electrons. The molecule has 1 atom stereocenters. The van der Waals surface area contributed by atoms with Crippen LogP contribution in [0.25, 0.3) is 0 Å². The third kappa shape index (κ3) is 5.90. The number of carbonyl (C=O) groups is 1. The second-order valence-corrected chi connectivity index (χ2v) is 10.2. The molecule has 3 rings (SSSR count). The van der Waals surface area contributed by atoms with Gasteiger partial charge in [0.2, 0.25) is 10.0 Å².